The van der Waals surface area contributed by atoms with Crippen molar-refractivity contribution in [3.8, 4) is 11.8 Å². The first-order chi connectivity index (χ1) is 12.8. The minimum Gasteiger partial charge on any atom is -0.480 e. The van der Waals surface area contributed by atoms with Crippen LogP contribution in [-0.2, 0) is 0 Å². The predicted octanol–water partition coefficient (Wildman–Crippen LogP) is 3.34. The lowest BCUT2D eigenvalue weighted by atomic mass is 9.60. The van der Waals surface area contributed by atoms with Gasteiger partial charge in [0.2, 0.25) is 11.8 Å². The largest absolute Gasteiger partial charge is 0.480 e. The second-order valence-electron chi connectivity index (χ2n) is 6.36. The molecule has 1 aliphatic rings. The topological polar surface area (TPSA) is 70.0 Å². The first kappa shape index (κ1) is 16.4. The van der Waals surface area contributed by atoms with Crippen LogP contribution >= 0.6 is 0 Å². The molecular formula is C20H20N4O2. The molecule has 0 spiro atoms. The van der Waals surface area contributed by atoms with Crippen LogP contribution in [0.25, 0.3) is 0 Å². The lowest BCUT2D eigenvalue weighted by molar-refractivity contribution is 0.268. The average Bonchev–Trinajstić information content (AvgIpc) is 2.68. The summed E-state index contributed by atoms with van der Waals surface area (Å²) in [6, 6.07) is 10.5. The van der Waals surface area contributed by atoms with E-state index in [0.717, 1.165) is 17.8 Å². The number of benzene rings is 1. The smallest absolute Gasteiger partial charge is 0.232 e. The molecule has 0 saturated heterocycles. The fourth-order valence-electron chi connectivity index (χ4n) is 3.67. The van der Waals surface area contributed by atoms with Gasteiger partial charge in [0.15, 0.2) is 0 Å². The minimum absolute atomic E-state index is 0.168. The van der Waals surface area contributed by atoms with Crippen molar-refractivity contribution >= 4 is 0 Å². The average molecular weight is 348 g/mol. The highest BCUT2D eigenvalue weighted by Crippen LogP contribution is 2.57. The third-order valence-corrected chi connectivity index (χ3v) is 5.00. The van der Waals surface area contributed by atoms with E-state index in [4.69, 9.17) is 9.47 Å². The van der Waals surface area contributed by atoms with Gasteiger partial charge in [0.25, 0.3) is 0 Å². The van der Waals surface area contributed by atoms with Crippen molar-refractivity contribution in [2.24, 2.45) is 0 Å². The van der Waals surface area contributed by atoms with Gasteiger partial charge in [-0.15, -0.1) is 0 Å². The molecule has 0 bridgehead atoms. The van der Waals surface area contributed by atoms with Crippen molar-refractivity contribution in [2.45, 2.75) is 24.2 Å². The van der Waals surface area contributed by atoms with Crippen molar-refractivity contribution in [1.29, 1.82) is 0 Å². The van der Waals surface area contributed by atoms with E-state index in [1.807, 2.05) is 18.5 Å². The highest BCUT2D eigenvalue weighted by molar-refractivity contribution is 5.35. The number of ether oxygens (including phenoxy) is 2. The second kappa shape index (κ2) is 7.07. The lowest BCUT2D eigenvalue weighted by Crippen LogP contribution is -2.33. The third-order valence-electron chi connectivity index (χ3n) is 5.00. The Morgan fingerprint density at radius 3 is 2.04 bits per heavy atom. The summed E-state index contributed by atoms with van der Waals surface area (Å²) in [5.74, 6) is 1.79. The fraction of sp³-hybridized carbons (Fsp3) is 0.300. The van der Waals surface area contributed by atoms with Crippen LogP contribution < -0.4 is 9.47 Å². The number of aromatic nitrogens is 4. The van der Waals surface area contributed by atoms with Gasteiger partial charge >= 0.3 is 0 Å². The molecular weight excluding hydrogens is 328 g/mol. The number of hydrogen-bond donors (Lipinski definition) is 0. The van der Waals surface area contributed by atoms with E-state index in [2.05, 4.69) is 44.2 Å². The Morgan fingerprint density at radius 2 is 1.38 bits per heavy atom. The van der Waals surface area contributed by atoms with Gasteiger partial charge in [-0.1, -0.05) is 30.3 Å². The fourth-order valence-corrected chi connectivity index (χ4v) is 3.67. The lowest BCUT2D eigenvalue weighted by Gasteiger charge is -2.44. The van der Waals surface area contributed by atoms with Gasteiger partial charge in [-0.25, -0.2) is 9.97 Å². The third kappa shape index (κ3) is 2.98. The van der Waals surface area contributed by atoms with Gasteiger partial charge < -0.3 is 9.47 Å². The highest BCUT2D eigenvalue weighted by atomic mass is 16.5. The quantitative estimate of drug-likeness (QED) is 0.704. The Hall–Kier alpha value is -3.02. The van der Waals surface area contributed by atoms with Gasteiger partial charge in [0.05, 0.1) is 38.0 Å². The van der Waals surface area contributed by atoms with Crippen molar-refractivity contribution in [2.75, 3.05) is 14.2 Å². The maximum atomic E-state index is 5.27. The summed E-state index contributed by atoms with van der Waals surface area (Å²) in [6.45, 7) is 0. The van der Waals surface area contributed by atoms with Crippen molar-refractivity contribution in [1.82, 2.24) is 19.9 Å². The van der Waals surface area contributed by atoms with Crippen LogP contribution in [-0.4, -0.2) is 34.2 Å². The molecule has 6 heteroatoms. The van der Waals surface area contributed by atoms with Gasteiger partial charge in [-0.3, -0.25) is 9.97 Å². The molecule has 0 amide bonds. The number of hydrogen-bond acceptors (Lipinski definition) is 6. The molecule has 26 heavy (non-hydrogen) atoms. The molecule has 4 rings (SSSR count). The molecule has 3 aromatic rings. The molecule has 1 unspecified atom stereocenters. The van der Waals surface area contributed by atoms with E-state index < -0.39 is 0 Å². The maximum Gasteiger partial charge on any atom is 0.232 e. The zero-order valence-corrected chi connectivity index (χ0v) is 14.7. The summed E-state index contributed by atoms with van der Waals surface area (Å²) >= 11 is 0. The molecule has 132 valence electrons. The zero-order valence-electron chi connectivity index (χ0n) is 14.7. The van der Waals surface area contributed by atoms with Crippen LogP contribution in [0.3, 0.4) is 0 Å². The molecule has 1 saturated carbocycles. The van der Waals surface area contributed by atoms with Gasteiger partial charge in [0.1, 0.15) is 0 Å². The Morgan fingerprint density at radius 1 is 0.769 bits per heavy atom. The zero-order chi connectivity index (χ0) is 17.9. The van der Waals surface area contributed by atoms with Crippen LogP contribution in [0.5, 0.6) is 11.8 Å². The summed E-state index contributed by atoms with van der Waals surface area (Å²) in [5.41, 5.74) is 3.14. The van der Waals surface area contributed by atoms with Crippen LogP contribution in [0.15, 0.2) is 55.1 Å². The van der Waals surface area contributed by atoms with E-state index in [0.29, 0.717) is 17.7 Å². The van der Waals surface area contributed by atoms with Gasteiger partial charge in [-0.05, 0) is 17.9 Å². The van der Waals surface area contributed by atoms with Crippen molar-refractivity contribution < 1.29 is 9.47 Å². The molecule has 1 aromatic carbocycles. The molecule has 6 nitrogen and oxygen atoms in total. The first-order valence-corrected chi connectivity index (χ1v) is 8.57. The molecule has 0 aliphatic heterocycles. The monoisotopic (exact) mass is 348 g/mol. The van der Waals surface area contributed by atoms with E-state index in [1.54, 1.807) is 26.6 Å². The Bertz CT molecular complexity index is 888. The Labute approximate surface area is 152 Å². The van der Waals surface area contributed by atoms with Crippen molar-refractivity contribution in [3.63, 3.8) is 0 Å². The second-order valence-corrected chi connectivity index (χ2v) is 6.36. The number of methoxy groups -OCH3 is 2. The number of nitrogens with zero attached hydrogens (tertiary/aromatic N) is 4. The van der Waals surface area contributed by atoms with E-state index in [-0.39, 0.29) is 11.8 Å². The van der Waals surface area contributed by atoms with Crippen LogP contribution in [0.4, 0.5) is 0 Å². The Balaban J connectivity index is 1.72. The summed E-state index contributed by atoms with van der Waals surface area (Å²) in [7, 11) is 3.21. The molecule has 1 aliphatic carbocycles. The van der Waals surface area contributed by atoms with Crippen LogP contribution in [0, 0.1) is 0 Å². The standard InChI is InChI=1S/C20H20N4O2/c1-25-18-11-21-9-16(23-18)15-8-14(13-6-4-3-5-7-13)20(15)17-10-22-12-19(24-17)26-2/h3-7,9-12,14-15,20H,8H2,1-2H3/t14-,15+,20?/m0/s1. The molecule has 2 heterocycles. The summed E-state index contributed by atoms with van der Waals surface area (Å²) in [4.78, 5) is 17.8. The normalized spacial score (nSPS) is 21.7. The summed E-state index contributed by atoms with van der Waals surface area (Å²) < 4.78 is 10.5. The van der Waals surface area contributed by atoms with E-state index in [9.17, 15) is 0 Å². The van der Waals surface area contributed by atoms with Crippen LogP contribution in [0.2, 0.25) is 0 Å². The molecule has 1 fully saturated rings. The first-order valence-electron chi connectivity index (χ1n) is 8.57. The highest BCUT2D eigenvalue weighted by Gasteiger charge is 2.45. The van der Waals surface area contributed by atoms with E-state index in [1.165, 1.54) is 5.56 Å². The summed E-state index contributed by atoms with van der Waals surface area (Å²) in [5, 5.41) is 0. The minimum atomic E-state index is 0.168. The SMILES string of the molecule is COc1cncc(C2[C@@H](c3cncc(OC)n3)C[C@H]2c2ccccc2)n1. The molecule has 0 radical (unpaired) electrons. The maximum absolute atomic E-state index is 5.27. The van der Waals surface area contributed by atoms with Crippen LogP contribution in [0.1, 0.15) is 41.1 Å². The summed E-state index contributed by atoms with van der Waals surface area (Å²) in [6.07, 6.45) is 7.87. The predicted molar refractivity (Wildman–Crippen MR) is 96.5 cm³/mol. The van der Waals surface area contributed by atoms with E-state index >= 15 is 0 Å². The molecule has 0 N–H and O–H groups in total. The van der Waals surface area contributed by atoms with Crippen molar-refractivity contribution in [3.05, 3.63) is 72.1 Å². The molecule has 2 aromatic heterocycles. The van der Waals surface area contributed by atoms with Gasteiger partial charge in [-0.2, -0.15) is 0 Å². The Kier molecular flexibility index (Phi) is 4.48. The number of rotatable bonds is 5. The van der Waals surface area contributed by atoms with Gasteiger partial charge in [0, 0.05) is 24.2 Å². The molecule has 3 atom stereocenters.